The molecule has 6 nitrogen and oxygen atoms in total. The summed E-state index contributed by atoms with van der Waals surface area (Å²) in [7, 11) is 0. The predicted molar refractivity (Wildman–Crippen MR) is 84.4 cm³/mol. The van der Waals surface area contributed by atoms with Crippen LogP contribution >= 0.6 is 0 Å². The Morgan fingerprint density at radius 3 is 2.68 bits per heavy atom. The van der Waals surface area contributed by atoms with Crippen molar-refractivity contribution in [3.05, 3.63) is 35.4 Å². The molecule has 4 amide bonds. The minimum Gasteiger partial charge on any atom is -0.352 e. The molecule has 1 aliphatic carbocycles. The summed E-state index contributed by atoms with van der Waals surface area (Å²) < 4.78 is 27.5. The summed E-state index contributed by atoms with van der Waals surface area (Å²) in [5.41, 5.74) is -2.03. The van der Waals surface area contributed by atoms with Crippen LogP contribution in [0.5, 0.6) is 0 Å². The zero-order chi connectivity index (χ0) is 18.2. The average Bonchev–Trinajstić information content (AvgIpc) is 3.13. The van der Waals surface area contributed by atoms with Crippen molar-refractivity contribution in [3.63, 3.8) is 0 Å². The van der Waals surface area contributed by atoms with Crippen molar-refractivity contribution in [2.24, 2.45) is 0 Å². The number of nitrogens with one attached hydrogen (secondary N) is 2. The second-order valence-electron chi connectivity index (χ2n) is 6.62. The maximum absolute atomic E-state index is 14.1. The molecule has 0 spiro atoms. The number of halogens is 2. The van der Waals surface area contributed by atoms with Crippen molar-refractivity contribution in [2.75, 3.05) is 6.54 Å². The fourth-order valence-electron chi connectivity index (χ4n) is 3.39. The first-order valence-corrected chi connectivity index (χ1v) is 8.20. The van der Waals surface area contributed by atoms with Gasteiger partial charge < -0.3 is 10.6 Å². The molecule has 134 valence electrons. The van der Waals surface area contributed by atoms with Crippen molar-refractivity contribution < 1.29 is 23.2 Å². The van der Waals surface area contributed by atoms with Gasteiger partial charge in [-0.25, -0.2) is 13.6 Å². The van der Waals surface area contributed by atoms with Crippen molar-refractivity contribution in [3.8, 4) is 0 Å². The highest BCUT2D eigenvalue weighted by Gasteiger charge is 2.50. The maximum atomic E-state index is 14.1. The Balaban J connectivity index is 1.77. The lowest BCUT2D eigenvalue weighted by atomic mass is 9.91. The van der Waals surface area contributed by atoms with Gasteiger partial charge in [0.2, 0.25) is 5.91 Å². The average molecular weight is 351 g/mol. The summed E-state index contributed by atoms with van der Waals surface area (Å²) >= 11 is 0. The highest BCUT2D eigenvalue weighted by molar-refractivity contribution is 6.09. The van der Waals surface area contributed by atoms with Gasteiger partial charge in [-0.15, -0.1) is 0 Å². The molecule has 0 bridgehead atoms. The summed E-state index contributed by atoms with van der Waals surface area (Å²) in [6.45, 7) is 0.841. The van der Waals surface area contributed by atoms with Gasteiger partial charge >= 0.3 is 6.03 Å². The number of hydrogen-bond acceptors (Lipinski definition) is 3. The summed E-state index contributed by atoms with van der Waals surface area (Å²) in [5.74, 6) is -2.77. The topological polar surface area (TPSA) is 78.5 Å². The third-order valence-corrected chi connectivity index (χ3v) is 4.76. The van der Waals surface area contributed by atoms with Crippen molar-refractivity contribution in [1.29, 1.82) is 0 Å². The Hall–Kier alpha value is -2.51. The van der Waals surface area contributed by atoms with Crippen molar-refractivity contribution in [1.82, 2.24) is 15.5 Å². The largest absolute Gasteiger partial charge is 0.352 e. The Labute approximate surface area is 143 Å². The molecule has 1 saturated carbocycles. The van der Waals surface area contributed by atoms with E-state index < -0.39 is 41.6 Å². The Bertz CT molecular complexity index is 734. The van der Waals surface area contributed by atoms with E-state index in [0.29, 0.717) is 0 Å². The number of urea groups is 1. The van der Waals surface area contributed by atoms with E-state index in [2.05, 4.69) is 10.6 Å². The molecule has 1 aromatic carbocycles. The first kappa shape index (κ1) is 17.3. The summed E-state index contributed by atoms with van der Waals surface area (Å²) in [4.78, 5) is 37.6. The minimum absolute atomic E-state index is 0.0558. The van der Waals surface area contributed by atoms with Crippen LogP contribution in [0.3, 0.4) is 0 Å². The maximum Gasteiger partial charge on any atom is 0.325 e. The van der Waals surface area contributed by atoms with E-state index in [1.165, 1.54) is 6.92 Å². The monoisotopic (exact) mass is 351 g/mol. The lowest BCUT2D eigenvalue weighted by Gasteiger charge is -2.23. The van der Waals surface area contributed by atoms with Gasteiger partial charge in [0.1, 0.15) is 23.7 Å². The molecule has 2 aliphatic rings. The Kier molecular flexibility index (Phi) is 4.45. The number of rotatable bonds is 4. The number of nitrogens with zero attached hydrogens (tertiary/aromatic N) is 1. The lowest BCUT2D eigenvalue weighted by Crippen LogP contribution is -2.45. The van der Waals surface area contributed by atoms with Gasteiger partial charge in [0.05, 0.1) is 0 Å². The predicted octanol–water partition coefficient (Wildman–Crippen LogP) is 1.79. The van der Waals surface area contributed by atoms with Crippen molar-refractivity contribution >= 4 is 17.8 Å². The molecule has 3 rings (SSSR count). The zero-order valence-corrected chi connectivity index (χ0v) is 13.8. The molecule has 1 atom stereocenters. The minimum atomic E-state index is -1.75. The molecule has 2 N–H and O–H groups in total. The van der Waals surface area contributed by atoms with Crippen LogP contribution in [0.2, 0.25) is 0 Å². The van der Waals surface area contributed by atoms with Crippen LogP contribution in [-0.2, 0) is 15.1 Å². The second-order valence-corrected chi connectivity index (χ2v) is 6.62. The van der Waals surface area contributed by atoms with E-state index in [4.69, 9.17) is 0 Å². The quantitative estimate of drug-likeness (QED) is 0.812. The van der Waals surface area contributed by atoms with Gasteiger partial charge in [-0.1, -0.05) is 12.8 Å². The van der Waals surface area contributed by atoms with E-state index in [0.717, 1.165) is 48.8 Å². The summed E-state index contributed by atoms with van der Waals surface area (Å²) in [6, 6.07) is 1.94. The molecule has 0 unspecified atom stereocenters. The highest BCUT2D eigenvalue weighted by atomic mass is 19.1. The molecule has 1 aromatic rings. The molecule has 1 heterocycles. The number of hydrogen-bond donors (Lipinski definition) is 2. The van der Waals surface area contributed by atoms with E-state index in [9.17, 15) is 23.2 Å². The molecule has 2 fully saturated rings. The third kappa shape index (κ3) is 3.20. The first-order chi connectivity index (χ1) is 11.8. The van der Waals surface area contributed by atoms with Crippen LogP contribution in [0.25, 0.3) is 0 Å². The van der Waals surface area contributed by atoms with E-state index >= 15 is 0 Å². The van der Waals surface area contributed by atoms with Gasteiger partial charge in [0.25, 0.3) is 5.91 Å². The molecular formula is C17H19F2N3O3. The van der Waals surface area contributed by atoms with Crippen LogP contribution in [0.4, 0.5) is 13.6 Å². The van der Waals surface area contributed by atoms with Gasteiger partial charge in [-0.3, -0.25) is 14.5 Å². The van der Waals surface area contributed by atoms with Crippen LogP contribution < -0.4 is 10.6 Å². The SMILES string of the molecule is C[C@@]1(c2cc(F)ccc2F)NC(=O)N(CC(=O)NC2CCCC2)C1=O. The second kappa shape index (κ2) is 6.42. The number of amides is 4. The number of benzene rings is 1. The molecule has 0 aromatic heterocycles. The van der Waals surface area contributed by atoms with Crippen LogP contribution in [0.15, 0.2) is 18.2 Å². The van der Waals surface area contributed by atoms with Gasteiger partial charge in [-0.05, 0) is 38.0 Å². The highest BCUT2D eigenvalue weighted by Crippen LogP contribution is 2.31. The number of carbonyl (C=O) groups is 3. The molecule has 25 heavy (non-hydrogen) atoms. The third-order valence-electron chi connectivity index (χ3n) is 4.76. The van der Waals surface area contributed by atoms with Crippen LogP contribution in [0, 0.1) is 11.6 Å². The fourth-order valence-corrected chi connectivity index (χ4v) is 3.39. The van der Waals surface area contributed by atoms with E-state index in [1.807, 2.05) is 0 Å². The molecule has 1 saturated heterocycles. The summed E-state index contributed by atoms with van der Waals surface area (Å²) in [6.07, 6.45) is 3.81. The fraction of sp³-hybridized carbons (Fsp3) is 0.471. The van der Waals surface area contributed by atoms with E-state index in [-0.39, 0.29) is 11.6 Å². The normalized spacial score (nSPS) is 23.9. The molecule has 0 radical (unpaired) electrons. The Morgan fingerprint density at radius 1 is 1.32 bits per heavy atom. The van der Waals surface area contributed by atoms with Gasteiger partial charge in [0, 0.05) is 11.6 Å². The lowest BCUT2D eigenvalue weighted by molar-refractivity contribution is -0.135. The standard InChI is InChI=1S/C17H19F2N3O3/c1-17(12-8-10(18)6-7-13(12)19)15(24)22(16(25)21-17)9-14(23)20-11-4-2-3-5-11/h6-8,11H,2-5,9H2,1H3,(H,20,23)(H,21,25)/t17-/m0/s1. The van der Waals surface area contributed by atoms with E-state index in [1.54, 1.807) is 0 Å². The van der Waals surface area contributed by atoms with Crippen LogP contribution in [0.1, 0.15) is 38.2 Å². The molecule has 1 aliphatic heterocycles. The number of imide groups is 1. The summed E-state index contributed by atoms with van der Waals surface area (Å²) in [5, 5.41) is 5.15. The smallest absolute Gasteiger partial charge is 0.325 e. The molecule has 8 heteroatoms. The van der Waals surface area contributed by atoms with Gasteiger partial charge in [-0.2, -0.15) is 0 Å². The van der Waals surface area contributed by atoms with Crippen molar-refractivity contribution in [2.45, 2.75) is 44.2 Å². The Morgan fingerprint density at radius 2 is 2.00 bits per heavy atom. The molecular weight excluding hydrogens is 332 g/mol. The van der Waals surface area contributed by atoms with Gasteiger partial charge in [0.15, 0.2) is 0 Å². The number of carbonyl (C=O) groups excluding carboxylic acids is 3. The van der Waals surface area contributed by atoms with Crippen LogP contribution in [-0.4, -0.2) is 35.3 Å². The first-order valence-electron chi connectivity index (χ1n) is 8.20. The zero-order valence-electron chi connectivity index (χ0n) is 13.8.